The topological polar surface area (TPSA) is 84.9 Å². The van der Waals surface area contributed by atoms with Gasteiger partial charge in [-0.15, -0.1) is 0 Å². The minimum Gasteiger partial charge on any atom is -0.469 e. The molecule has 0 aliphatic carbocycles. The maximum atomic E-state index is 12.1. The van der Waals surface area contributed by atoms with Gasteiger partial charge in [-0.2, -0.15) is 0 Å². The van der Waals surface area contributed by atoms with Gasteiger partial charge in [-0.05, 0) is 30.5 Å². The van der Waals surface area contributed by atoms with Gasteiger partial charge in [-0.25, -0.2) is 0 Å². The van der Waals surface area contributed by atoms with Crippen molar-refractivity contribution >= 4 is 17.8 Å². The number of piperidine rings is 1. The molecule has 0 saturated carbocycles. The smallest absolute Gasteiger partial charge is 0.323 e. The first-order valence-electron chi connectivity index (χ1n) is 8.20. The van der Waals surface area contributed by atoms with E-state index in [1.54, 1.807) is 19.2 Å². The molecule has 0 aromatic heterocycles. The highest BCUT2D eigenvalue weighted by molar-refractivity contribution is 5.93. The van der Waals surface area contributed by atoms with Crippen molar-refractivity contribution in [2.45, 2.75) is 25.4 Å². The van der Waals surface area contributed by atoms with E-state index in [0.717, 1.165) is 5.56 Å². The second-order valence-corrected chi connectivity index (χ2v) is 6.03. The lowest BCUT2D eigenvalue weighted by Crippen LogP contribution is -2.48. The van der Waals surface area contributed by atoms with Crippen LogP contribution in [0.5, 0.6) is 0 Å². The zero-order valence-electron chi connectivity index (χ0n) is 14.8. The first-order valence-corrected chi connectivity index (χ1v) is 8.20. The average Bonchev–Trinajstić information content (AvgIpc) is 2.66. The molecular formula is C18H24N2O5. The Balaban J connectivity index is 2.10. The molecule has 1 saturated heterocycles. The maximum absolute atomic E-state index is 12.1. The fraction of sp³-hybridized carbons (Fsp3) is 0.500. The first-order chi connectivity index (χ1) is 12.0. The minimum absolute atomic E-state index is 0.141. The molecule has 1 fully saturated rings. The van der Waals surface area contributed by atoms with E-state index in [2.05, 4.69) is 5.32 Å². The van der Waals surface area contributed by atoms with Crippen molar-refractivity contribution in [1.82, 2.24) is 10.2 Å². The lowest BCUT2D eigenvalue weighted by Gasteiger charge is -2.36. The number of ether oxygens (including phenoxy) is 2. The largest absolute Gasteiger partial charge is 0.469 e. The van der Waals surface area contributed by atoms with Crippen molar-refractivity contribution in [2.75, 3.05) is 27.8 Å². The van der Waals surface area contributed by atoms with Crippen molar-refractivity contribution in [1.29, 1.82) is 0 Å². The van der Waals surface area contributed by atoms with E-state index in [1.165, 1.54) is 14.2 Å². The summed E-state index contributed by atoms with van der Waals surface area (Å²) >= 11 is 0. The van der Waals surface area contributed by atoms with Crippen molar-refractivity contribution in [3.63, 3.8) is 0 Å². The van der Waals surface area contributed by atoms with Crippen molar-refractivity contribution < 1.29 is 23.9 Å². The summed E-state index contributed by atoms with van der Waals surface area (Å²) in [5, 5.41) is 2.58. The summed E-state index contributed by atoms with van der Waals surface area (Å²) in [6, 6.07) is 6.75. The van der Waals surface area contributed by atoms with Crippen LogP contribution in [0.1, 0.15) is 28.8 Å². The molecule has 0 spiro atoms. The number of hydrogen-bond donors (Lipinski definition) is 1. The number of methoxy groups -OCH3 is 2. The van der Waals surface area contributed by atoms with Gasteiger partial charge in [-0.3, -0.25) is 19.3 Å². The maximum Gasteiger partial charge on any atom is 0.323 e. The van der Waals surface area contributed by atoms with Crippen LogP contribution in [0.3, 0.4) is 0 Å². The van der Waals surface area contributed by atoms with Crippen LogP contribution in [0.15, 0.2) is 24.3 Å². The first kappa shape index (κ1) is 18.9. The Morgan fingerprint density at radius 3 is 2.32 bits per heavy atom. The quantitative estimate of drug-likeness (QED) is 0.798. The molecule has 2 atom stereocenters. The molecule has 0 radical (unpaired) electrons. The normalized spacial score (nSPS) is 20.6. The third-order valence-corrected chi connectivity index (χ3v) is 4.55. The molecule has 136 valence electrons. The number of nitrogens with zero attached hydrogens (tertiary/aromatic N) is 1. The van der Waals surface area contributed by atoms with Crippen LogP contribution in [0, 0.1) is 5.92 Å². The van der Waals surface area contributed by atoms with Crippen LogP contribution in [0.4, 0.5) is 0 Å². The molecule has 0 unspecified atom stereocenters. The van der Waals surface area contributed by atoms with E-state index in [9.17, 15) is 14.4 Å². The van der Waals surface area contributed by atoms with E-state index < -0.39 is 6.04 Å². The van der Waals surface area contributed by atoms with E-state index in [1.807, 2.05) is 17.0 Å². The van der Waals surface area contributed by atoms with Crippen molar-refractivity contribution in [3.8, 4) is 0 Å². The zero-order chi connectivity index (χ0) is 18.4. The van der Waals surface area contributed by atoms with Gasteiger partial charge in [-0.1, -0.05) is 12.1 Å². The van der Waals surface area contributed by atoms with Crippen molar-refractivity contribution in [3.05, 3.63) is 35.4 Å². The second-order valence-electron chi connectivity index (χ2n) is 6.03. The number of carbonyl (C=O) groups excluding carboxylic acids is 3. The molecule has 25 heavy (non-hydrogen) atoms. The molecule has 1 heterocycles. The van der Waals surface area contributed by atoms with Crippen molar-refractivity contribution in [2.24, 2.45) is 5.92 Å². The fourth-order valence-electron chi connectivity index (χ4n) is 3.11. The van der Waals surface area contributed by atoms with Gasteiger partial charge in [0, 0.05) is 25.7 Å². The molecule has 1 aliphatic rings. The van der Waals surface area contributed by atoms with Crippen LogP contribution in [0.2, 0.25) is 0 Å². The van der Waals surface area contributed by atoms with Gasteiger partial charge < -0.3 is 14.8 Å². The number of likely N-dealkylation sites (tertiary alicyclic amines) is 1. The molecule has 1 N–H and O–H groups in total. The predicted molar refractivity (Wildman–Crippen MR) is 90.8 cm³/mol. The highest BCUT2D eigenvalue weighted by Gasteiger charge is 2.37. The summed E-state index contributed by atoms with van der Waals surface area (Å²) in [7, 11) is 4.29. The minimum atomic E-state index is -0.485. The summed E-state index contributed by atoms with van der Waals surface area (Å²) in [5.74, 6) is -1.07. The Hall–Kier alpha value is -2.41. The Bertz CT molecular complexity index is 629. The number of esters is 2. The number of benzene rings is 1. The third-order valence-electron chi connectivity index (χ3n) is 4.55. The Kier molecular flexibility index (Phi) is 6.52. The SMILES string of the molecule is CNC(=O)c1ccc(CN2CC[C@@H](C(=O)OC)C[C@@H]2C(=O)OC)cc1. The molecule has 2 rings (SSSR count). The summed E-state index contributed by atoms with van der Waals surface area (Å²) < 4.78 is 9.70. The molecular weight excluding hydrogens is 324 g/mol. The van der Waals surface area contributed by atoms with Crippen LogP contribution in [0.25, 0.3) is 0 Å². The fourth-order valence-corrected chi connectivity index (χ4v) is 3.11. The molecule has 7 nitrogen and oxygen atoms in total. The lowest BCUT2D eigenvalue weighted by molar-refractivity contribution is -0.154. The predicted octanol–water partition coefficient (Wildman–Crippen LogP) is 0.973. The Labute approximate surface area is 147 Å². The zero-order valence-corrected chi connectivity index (χ0v) is 14.8. The second kappa shape index (κ2) is 8.62. The highest BCUT2D eigenvalue weighted by atomic mass is 16.5. The number of rotatable bonds is 5. The molecule has 7 heteroatoms. The molecule has 1 amide bonds. The molecule has 1 aromatic rings. The van der Waals surface area contributed by atoms with Gasteiger partial charge in [0.15, 0.2) is 0 Å². The standard InChI is InChI=1S/C18H24N2O5/c1-19-16(21)13-6-4-12(5-7-13)11-20-9-8-14(17(22)24-2)10-15(20)18(23)25-3/h4-7,14-15H,8-11H2,1-3H3,(H,19,21)/t14-,15-/m1/s1. The van der Waals surface area contributed by atoms with Crippen LogP contribution in [-0.4, -0.2) is 56.6 Å². The molecule has 0 bridgehead atoms. The van der Waals surface area contributed by atoms with Gasteiger partial charge >= 0.3 is 11.9 Å². The number of nitrogens with one attached hydrogen (secondary N) is 1. The lowest BCUT2D eigenvalue weighted by atomic mass is 9.90. The Morgan fingerprint density at radius 2 is 1.76 bits per heavy atom. The number of amides is 1. The van der Waals surface area contributed by atoms with E-state index >= 15 is 0 Å². The molecule has 1 aliphatic heterocycles. The average molecular weight is 348 g/mol. The van der Waals surface area contributed by atoms with E-state index in [4.69, 9.17) is 9.47 Å². The Morgan fingerprint density at radius 1 is 1.12 bits per heavy atom. The van der Waals surface area contributed by atoms with Gasteiger partial charge in [0.25, 0.3) is 5.91 Å². The van der Waals surface area contributed by atoms with Gasteiger partial charge in [0.05, 0.1) is 20.1 Å². The summed E-state index contributed by atoms with van der Waals surface area (Å²) in [6.45, 7) is 1.14. The van der Waals surface area contributed by atoms with Crippen LogP contribution >= 0.6 is 0 Å². The van der Waals surface area contributed by atoms with E-state index in [-0.39, 0.29) is 23.8 Å². The van der Waals surface area contributed by atoms with Gasteiger partial charge in [0.2, 0.25) is 0 Å². The van der Waals surface area contributed by atoms with Crippen LogP contribution in [-0.2, 0) is 25.6 Å². The number of hydrogen-bond acceptors (Lipinski definition) is 6. The molecule has 1 aromatic carbocycles. The summed E-state index contributed by atoms with van der Waals surface area (Å²) in [6.07, 6.45) is 1.02. The number of carbonyl (C=O) groups is 3. The third kappa shape index (κ3) is 4.57. The summed E-state index contributed by atoms with van der Waals surface area (Å²) in [5.41, 5.74) is 1.57. The van der Waals surface area contributed by atoms with Gasteiger partial charge in [0.1, 0.15) is 6.04 Å². The monoisotopic (exact) mass is 348 g/mol. The highest BCUT2D eigenvalue weighted by Crippen LogP contribution is 2.26. The van der Waals surface area contributed by atoms with E-state index in [0.29, 0.717) is 31.5 Å². The van der Waals surface area contributed by atoms with Crippen LogP contribution < -0.4 is 5.32 Å². The summed E-state index contributed by atoms with van der Waals surface area (Å²) in [4.78, 5) is 37.5.